The summed E-state index contributed by atoms with van der Waals surface area (Å²) in [5.41, 5.74) is -1.05. The van der Waals surface area contributed by atoms with Gasteiger partial charge in [0.15, 0.2) is 5.78 Å². The molecule has 1 rings (SSSR count). The van der Waals surface area contributed by atoms with Crippen LogP contribution in [-0.4, -0.2) is 54.1 Å². The largest absolute Gasteiger partial charge is 0.455 e. The second kappa shape index (κ2) is 8.26. The summed E-state index contributed by atoms with van der Waals surface area (Å²) < 4.78 is 5.16. The number of Topliss-reactive ketones (excluding diaryl/α,β-unsaturated/α-hetero) is 1. The van der Waals surface area contributed by atoms with Gasteiger partial charge in [-0.2, -0.15) is 0 Å². The molecular formula is C17H28N2O5. The Morgan fingerprint density at radius 1 is 1.04 bits per heavy atom. The molecule has 1 saturated carbocycles. The fraction of sp³-hybridized carbons (Fsp3) is 0.765. The average molecular weight is 340 g/mol. The van der Waals surface area contributed by atoms with Gasteiger partial charge in [0.1, 0.15) is 11.7 Å². The third-order valence-electron chi connectivity index (χ3n) is 3.68. The summed E-state index contributed by atoms with van der Waals surface area (Å²) in [7, 11) is 3.49. The molecule has 136 valence electrons. The van der Waals surface area contributed by atoms with Crippen molar-refractivity contribution >= 4 is 23.4 Å². The van der Waals surface area contributed by atoms with Crippen molar-refractivity contribution in [3.8, 4) is 0 Å². The molecule has 0 unspecified atom stereocenters. The van der Waals surface area contributed by atoms with Gasteiger partial charge in [0.2, 0.25) is 11.6 Å². The van der Waals surface area contributed by atoms with E-state index in [0.717, 1.165) is 0 Å². The number of carbonyl (C=O) groups excluding carboxylic acids is 3. The molecule has 0 bridgehead atoms. The number of nitrogens with zero attached hydrogens (tertiary/aromatic N) is 2. The molecule has 7 nitrogen and oxygen atoms in total. The number of ether oxygens (including phenoxy) is 1. The Hall–Kier alpha value is -1.92. The van der Waals surface area contributed by atoms with Crippen LogP contribution in [-0.2, 0) is 24.0 Å². The fourth-order valence-corrected chi connectivity index (χ4v) is 2.48. The number of esters is 1. The van der Waals surface area contributed by atoms with E-state index in [4.69, 9.17) is 9.57 Å². The summed E-state index contributed by atoms with van der Waals surface area (Å²) in [6.07, 6.45) is 2.53. The van der Waals surface area contributed by atoms with Gasteiger partial charge in [-0.05, 0) is 46.5 Å². The molecule has 1 aliphatic carbocycles. The van der Waals surface area contributed by atoms with Gasteiger partial charge in [-0.1, -0.05) is 5.16 Å². The van der Waals surface area contributed by atoms with Gasteiger partial charge in [-0.15, -0.1) is 0 Å². The zero-order valence-electron chi connectivity index (χ0n) is 15.4. The topological polar surface area (TPSA) is 85.3 Å². The summed E-state index contributed by atoms with van der Waals surface area (Å²) in [4.78, 5) is 42.5. The number of rotatable bonds is 5. The highest BCUT2D eigenvalue weighted by atomic mass is 16.6. The quantitative estimate of drug-likeness (QED) is 0.330. The number of hydrogen-bond acceptors (Lipinski definition) is 6. The first-order valence-corrected chi connectivity index (χ1v) is 8.20. The van der Waals surface area contributed by atoms with E-state index in [-0.39, 0.29) is 23.6 Å². The van der Waals surface area contributed by atoms with Crippen LogP contribution in [0.1, 0.15) is 53.4 Å². The highest BCUT2D eigenvalue weighted by Crippen LogP contribution is 2.27. The maximum absolute atomic E-state index is 12.0. The van der Waals surface area contributed by atoms with E-state index in [1.807, 2.05) is 0 Å². The lowest BCUT2D eigenvalue weighted by molar-refractivity contribution is -0.146. The molecule has 0 aromatic heterocycles. The van der Waals surface area contributed by atoms with Crippen molar-refractivity contribution in [1.82, 2.24) is 4.90 Å². The third-order valence-corrected chi connectivity index (χ3v) is 3.68. The molecule has 1 amide bonds. The van der Waals surface area contributed by atoms with Gasteiger partial charge in [0.25, 0.3) is 0 Å². The van der Waals surface area contributed by atoms with Crippen molar-refractivity contribution in [2.45, 2.75) is 65.1 Å². The Balaban J connectivity index is 2.62. The van der Waals surface area contributed by atoms with Crippen LogP contribution in [0.5, 0.6) is 0 Å². The Bertz CT molecular complexity index is 512. The average Bonchev–Trinajstić information content (AvgIpc) is 2.45. The summed E-state index contributed by atoms with van der Waals surface area (Å²) in [6, 6.07) is 0. The fourth-order valence-electron chi connectivity index (χ4n) is 2.48. The number of amides is 1. The van der Waals surface area contributed by atoms with E-state index in [9.17, 15) is 14.4 Å². The maximum atomic E-state index is 12.0. The van der Waals surface area contributed by atoms with Crippen molar-refractivity contribution in [2.24, 2.45) is 11.1 Å². The highest BCUT2D eigenvalue weighted by Gasteiger charge is 2.29. The van der Waals surface area contributed by atoms with Gasteiger partial charge in [0.05, 0.1) is 0 Å². The minimum atomic E-state index is -0.786. The Morgan fingerprint density at radius 3 is 2.00 bits per heavy atom. The van der Waals surface area contributed by atoms with Gasteiger partial charge >= 0.3 is 5.97 Å². The zero-order chi connectivity index (χ0) is 18.5. The minimum absolute atomic E-state index is 0.00182. The summed E-state index contributed by atoms with van der Waals surface area (Å²) in [5.74, 6) is -1.16. The molecule has 24 heavy (non-hydrogen) atoms. The molecule has 0 heterocycles. The summed E-state index contributed by atoms with van der Waals surface area (Å²) in [5, 5.41) is 3.73. The maximum Gasteiger partial charge on any atom is 0.364 e. The van der Waals surface area contributed by atoms with Crippen LogP contribution >= 0.6 is 0 Å². The summed E-state index contributed by atoms with van der Waals surface area (Å²) >= 11 is 0. The Morgan fingerprint density at radius 2 is 1.58 bits per heavy atom. The minimum Gasteiger partial charge on any atom is -0.455 e. The van der Waals surface area contributed by atoms with E-state index in [0.29, 0.717) is 25.7 Å². The van der Waals surface area contributed by atoms with Crippen molar-refractivity contribution in [3.05, 3.63) is 0 Å². The first-order chi connectivity index (χ1) is 11.0. The van der Waals surface area contributed by atoms with Crippen molar-refractivity contribution in [1.29, 1.82) is 0 Å². The molecule has 0 aromatic carbocycles. The van der Waals surface area contributed by atoms with Crippen LogP contribution in [0.25, 0.3) is 0 Å². The SMILES string of the molecule is CC(=O)/C(=N/OC1CCC(C(=O)N(C)C)CC1)C(=O)OC(C)(C)C. The normalized spacial score (nSPS) is 21.8. The number of carbonyl (C=O) groups is 3. The smallest absolute Gasteiger partial charge is 0.364 e. The molecule has 0 radical (unpaired) electrons. The van der Waals surface area contributed by atoms with Gasteiger partial charge < -0.3 is 14.5 Å². The van der Waals surface area contributed by atoms with Gasteiger partial charge in [0, 0.05) is 26.9 Å². The molecule has 0 aromatic rings. The molecule has 0 spiro atoms. The van der Waals surface area contributed by atoms with E-state index >= 15 is 0 Å². The molecule has 1 fully saturated rings. The monoisotopic (exact) mass is 340 g/mol. The van der Waals surface area contributed by atoms with Crippen LogP contribution in [0.2, 0.25) is 0 Å². The number of ketones is 1. The van der Waals surface area contributed by atoms with E-state index in [1.54, 1.807) is 39.8 Å². The molecule has 0 saturated heterocycles. The lowest BCUT2D eigenvalue weighted by Crippen LogP contribution is -2.34. The van der Waals surface area contributed by atoms with E-state index < -0.39 is 17.4 Å². The highest BCUT2D eigenvalue weighted by molar-refractivity contribution is 6.63. The van der Waals surface area contributed by atoms with Crippen LogP contribution < -0.4 is 0 Å². The first-order valence-electron chi connectivity index (χ1n) is 8.20. The lowest BCUT2D eigenvalue weighted by atomic mass is 9.86. The standard InChI is InChI=1S/C17H28N2O5/c1-11(20)14(16(22)23-17(2,3)4)18-24-13-9-7-12(8-10-13)15(21)19(5)6/h12-13H,7-10H2,1-6H3/b18-14-. The Kier molecular flexibility index (Phi) is 6.93. The van der Waals surface area contributed by atoms with Crippen molar-refractivity contribution < 1.29 is 24.0 Å². The van der Waals surface area contributed by atoms with E-state index in [2.05, 4.69) is 5.16 Å². The molecule has 0 aliphatic heterocycles. The van der Waals surface area contributed by atoms with Crippen LogP contribution in [0, 0.1) is 5.92 Å². The summed E-state index contributed by atoms with van der Waals surface area (Å²) in [6.45, 7) is 6.39. The molecule has 0 N–H and O–H groups in total. The van der Waals surface area contributed by atoms with Crippen molar-refractivity contribution in [2.75, 3.05) is 14.1 Å². The Labute approximate surface area is 143 Å². The van der Waals surface area contributed by atoms with Crippen LogP contribution in [0.15, 0.2) is 5.16 Å². The third kappa shape index (κ3) is 6.29. The number of hydrogen-bond donors (Lipinski definition) is 0. The lowest BCUT2D eigenvalue weighted by Gasteiger charge is -2.28. The first kappa shape index (κ1) is 20.1. The van der Waals surface area contributed by atoms with Crippen molar-refractivity contribution in [3.63, 3.8) is 0 Å². The van der Waals surface area contributed by atoms with Crippen LogP contribution in [0.4, 0.5) is 0 Å². The van der Waals surface area contributed by atoms with Gasteiger partial charge in [-0.25, -0.2) is 4.79 Å². The van der Waals surface area contributed by atoms with Gasteiger partial charge in [-0.3, -0.25) is 9.59 Å². The second-order valence-electron chi connectivity index (χ2n) is 7.31. The van der Waals surface area contributed by atoms with Crippen LogP contribution in [0.3, 0.4) is 0 Å². The second-order valence-corrected chi connectivity index (χ2v) is 7.31. The predicted molar refractivity (Wildman–Crippen MR) is 89.5 cm³/mol. The molecule has 0 atom stereocenters. The molecular weight excluding hydrogens is 312 g/mol. The zero-order valence-corrected chi connectivity index (χ0v) is 15.4. The molecule has 1 aliphatic rings. The molecule has 7 heteroatoms. The van der Waals surface area contributed by atoms with E-state index in [1.165, 1.54) is 6.92 Å². The number of oxime groups is 1. The predicted octanol–water partition coefficient (Wildman–Crippen LogP) is 1.94.